The van der Waals surface area contributed by atoms with E-state index >= 15 is 0 Å². The SMILES string of the molecule is CCCCCNC(=O)C1CSC(C2CCCCC2)N1C(=O)c1ccc(Cl)cc1Cl. The minimum atomic E-state index is -0.451. The fourth-order valence-electron chi connectivity index (χ4n) is 4.28. The first-order chi connectivity index (χ1) is 14.0. The number of benzene rings is 1. The van der Waals surface area contributed by atoms with Gasteiger partial charge < -0.3 is 10.2 Å². The van der Waals surface area contributed by atoms with Crippen molar-refractivity contribution in [1.82, 2.24) is 10.2 Å². The lowest BCUT2D eigenvalue weighted by Crippen LogP contribution is -2.51. The van der Waals surface area contributed by atoms with Crippen molar-refractivity contribution in [2.24, 2.45) is 5.92 Å². The third-order valence-corrected chi connectivity index (χ3v) is 7.88. The molecule has 29 heavy (non-hydrogen) atoms. The van der Waals surface area contributed by atoms with Crippen LogP contribution in [0.4, 0.5) is 0 Å². The van der Waals surface area contributed by atoms with E-state index in [1.165, 1.54) is 19.3 Å². The van der Waals surface area contributed by atoms with Gasteiger partial charge in [-0.15, -0.1) is 11.8 Å². The number of thioether (sulfide) groups is 1. The number of carbonyl (C=O) groups excluding carboxylic acids is 2. The van der Waals surface area contributed by atoms with E-state index in [0.29, 0.717) is 33.8 Å². The Hall–Kier alpha value is -0.910. The average Bonchev–Trinajstić information content (AvgIpc) is 3.16. The molecule has 2 aliphatic rings. The van der Waals surface area contributed by atoms with Gasteiger partial charge in [0.1, 0.15) is 6.04 Å². The van der Waals surface area contributed by atoms with Crippen molar-refractivity contribution in [3.05, 3.63) is 33.8 Å². The molecular weight excluding hydrogens is 427 g/mol. The zero-order chi connectivity index (χ0) is 20.8. The first-order valence-corrected chi connectivity index (χ1v) is 12.5. The summed E-state index contributed by atoms with van der Waals surface area (Å²) in [6, 6.07) is 4.49. The van der Waals surface area contributed by atoms with Gasteiger partial charge >= 0.3 is 0 Å². The highest BCUT2D eigenvalue weighted by Gasteiger charge is 2.45. The average molecular weight is 457 g/mol. The van der Waals surface area contributed by atoms with Crippen LogP contribution in [0, 0.1) is 5.92 Å². The number of hydrogen-bond acceptors (Lipinski definition) is 3. The van der Waals surface area contributed by atoms with Crippen molar-refractivity contribution in [3.63, 3.8) is 0 Å². The van der Waals surface area contributed by atoms with Crippen molar-refractivity contribution < 1.29 is 9.59 Å². The van der Waals surface area contributed by atoms with Crippen LogP contribution < -0.4 is 5.32 Å². The highest BCUT2D eigenvalue weighted by atomic mass is 35.5. The standard InChI is InChI=1S/C22H30Cl2N2O2S/c1-2-3-7-12-25-20(27)19-14-29-22(15-8-5-4-6-9-15)26(19)21(28)17-11-10-16(23)13-18(17)24/h10-11,13,15,19,22H,2-9,12,14H2,1H3,(H,25,27). The molecule has 1 aliphatic heterocycles. The summed E-state index contributed by atoms with van der Waals surface area (Å²) in [5, 5.41) is 3.90. The number of nitrogens with one attached hydrogen (secondary N) is 1. The Morgan fingerprint density at radius 2 is 1.93 bits per heavy atom. The van der Waals surface area contributed by atoms with Gasteiger partial charge in [-0.1, -0.05) is 62.2 Å². The highest BCUT2D eigenvalue weighted by molar-refractivity contribution is 8.00. The molecule has 2 amide bonds. The van der Waals surface area contributed by atoms with Crippen LogP contribution in [0.15, 0.2) is 18.2 Å². The summed E-state index contributed by atoms with van der Waals surface area (Å²) < 4.78 is 0. The van der Waals surface area contributed by atoms with Crippen LogP contribution in [0.5, 0.6) is 0 Å². The van der Waals surface area contributed by atoms with Gasteiger partial charge in [-0.25, -0.2) is 0 Å². The third-order valence-electron chi connectivity index (χ3n) is 5.87. The molecule has 1 aromatic rings. The van der Waals surface area contributed by atoms with E-state index in [0.717, 1.165) is 32.1 Å². The Bertz CT molecular complexity index is 725. The smallest absolute Gasteiger partial charge is 0.256 e. The first kappa shape index (κ1) is 22.8. The molecule has 0 aromatic heterocycles. The van der Waals surface area contributed by atoms with Crippen LogP contribution in [0.25, 0.3) is 0 Å². The molecule has 1 aromatic carbocycles. The Morgan fingerprint density at radius 3 is 2.62 bits per heavy atom. The number of unbranched alkanes of at least 4 members (excludes halogenated alkanes) is 2. The number of nitrogens with zero attached hydrogens (tertiary/aromatic N) is 1. The molecule has 2 unspecified atom stereocenters. The Labute approximate surface area is 188 Å². The van der Waals surface area contributed by atoms with Crippen molar-refractivity contribution in [2.75, 3.05) is 12.3 Å². The lowest BCUT2D eigenvalue weighted by Gasteiger charge is -2.35. The van der Waals surface area contributed by atoms with Crippen molar-refractivity contribution >= 4 is 46.8 Å². The van der Waals surface area contributed by atoms with Gasteiger partial charge in [0.05, 0.1) is 16.0 Å². The maximum Gasteiger partial charge on any atom is 0.256 e. The van der Waals surface area contributed by atoms with E-state index in [1.54, 1.807) is 30.0 Å². The van der Waals surface area contributed by atoms with Crippen LogP contribution in [-0.2, 0) is 4.79 Å². The largest absolute Gasteiger partial charge is 0.354 e. The van der Waals surface area contributed by atoms with Crippen LogP contribution in [0.1, 0.15) is 68.6 Å². The van der Waals surface area contributed by atoms with Crippen LogP contribution >= 0.6 is 35.0 Å². The number of carbonyl (C=O) groups is 2. The molecule has 7 heteroatoms. The summed E-state index contributed by atoms with van der Waals surface area (Å²) in [6.45, 7) is 2.80. The molecule has 3 rings (SSSR count). The molecule has 0 spiro atoms. The summed E-state index contributed by atoms with van der Waals surface area (Å²) >= 11 is 14.1. The van der Waals surface area contributed by atoms with Gasteiger partial charge in [0.15, 0.2) is 0 Å². The fourth-order valence-corrected chi connectivity index (χ4v) is 6.40. The van der Waals surface area contributed by atoms with Gasteiger partial charge in [0.2, 0.25) is 5.91 Å². The maximum atomic E-state index is 13.5. The number of hydrogen-bond donors (Lipinski definition) is 1. The summed E-state index contributed by atoms with van der Waals surface area (Å²) in [5.41, 5.74) is 0.420. The normalized spacial score (nSPS) is 22.7. The van der Waals surface area contributed by atoms with Crippen LogP contribution in [-0.4, -0.2) is 40.4 Å². The Morgan fingerprint density at radius 1 is 1.17 bits per heavy atom. The van der Waals surface area contributed by atoms with E-state index in [2.05, 4.69) is 12.2 Å². The predicted molar refractivity (Wildman–Crippen MR) is 122 cm³/mol. The van der Waals surface area contributed by atoms with Gasteiger partial charge in [-0.3, -0.25) is 9.59 Å². The Balaban J connectivity index is 1.81. The van der Waals surface area contributed by atoms with Gasteiger partial charge in [0.25, 0.3) is 5.91 Å². The van der Waals surface area contributed by atoms with Gasteiger partial charge in [-0.05, 0) is 43.4 Å². The van der Waals surface area contributed by atoms with Gasteiger partial charge in [-0.2, -0.15) is 0 Å². The van der Waals surface area contributed by atoms with E-state index in [1.807, 2.05) is 4.90 Å². The quantitative estimate of drug-likeness (QED) is 0.530. The molecule has 2 fully saturated rings. The lowest BCUT2D eigenvalue weighted by molar-refractivity contribution is -0.125. The first-order valence-electron chi connectivity index (χ1n) is 10.7. The maximum absolute atomic E-state index is 13.5. The summed E-state index contributed by atoms with van der Waals surface area (Å²) in [6.07, 6.45) is 9.03. The molecule has 0 bridgehead atoms. The van der Waals surface area contributed by atoms with Crippen LogP contribution in [0.2, 0.25) is 10.0 Å². The molecule has 160 valence electrons. The predicted octanol–water partition coefficient (Wildman–Crippen LogP) is 5.76. The van der Waals surface area contributed by atoms with Crippen molar-refractivity contribution in [2.45, 2.75) is 69.7 Å². The zero-order valence-electron chi connectivity index (χ0n) is 17.0. The third kappa shape index (κ3) is 5.62. The molecule has 4 nitrogen and oxygen atoms in total. The second kappa shape index (κ2) is 10.9. The van der Waals surface area contributed by atoms with E-state index in [-0.39, 0.29) is 17.2 Å². The fraction of sp³-hybridized carbons (Fsp3) is 0.636. The number of amides is 2. The molecule has 1 saturated heterocycles. The Kier molecular flexibility index (Phi) is 8.57. The summed E-state index contributed by atoms with van der Waals surface area (Å²) in [7, 11) is 0. The lowest BCUT2D eigenvalue weighted by atomic mass is 9.88. The molecular formula is C22H30Cl2N2O2S. The number of halogens is 2. The molecule has 2 atom stereocenters. The van der Waals surface area contributed by atoms with Crippen molar-refractivity contribution in [3.8, 4) is 0 Å². The second-order valence-corrected chi connectivity index (χ2v) is 9.97. The molecule has 1 N–H and O–H groups in total. The second-order valence-electron chi connectivity index (χ2n) is 7.97. The van der Waals surface area contributed by atoms with Crippen LogP contribution in [0.3, 0.4) is 0 Å². The van der Waals surface area contributed by atoms with E-state index in [4.69, 9.17) is 23.2 Å². The van der Waals surface area contributed by atoms with Crippen molar-refractivity contribution in [1.29, 1.82) is 0 Å². The highest BCUT2D eigenvalue weighted by Crippen LogP contribution is 2.41. The van der Waals surface area contributed by atoms with E-state index in [9.17, 15) is 9.59 Å². The molecule has 1 heterocycles. The molecule has 1 saturated carbocycles. The molecule has 1 aliphatic carbocycles. The number of rotatable bonds is 7. The monoisotopic (exact) mass is 456 g/mol. The molecule has 0 radical (unpaired) electrons. The minimum absolute atomic E-state index is 0.0286. The zero-order valence-corrected chi connectivity index (χ0v) is 19.3. The summed E-state index contributed by atoms with van der Waals surface area (Å²) in [4.78, 5) is 28.3. The topological polar surface area (TPSA) is 49.4 Å². The van der Waals surface area contributed by atoms with Gasteiger partial charge in [0, 0.05) is 17.3 Å². The minimum Gasteiger partial charge on any atom is -0.354 e. The summed E-state index contributed by atoms with van der Waals surface area (Å²) in [5.74, 6) is 0.852. The van der Waals surface area contributed by atoms with E-state index < -0.39 is 6.04 Å².